The fourth-order valence-electron chi connectivity index (χ4n) is 5.13. The van der Waals surface area contributed by atoms with Crippen molar-refractivity contribution in [2.45, 2.75) is 65.2 Å². The molecule has 0 radical (unpaired) electrons. The lowest BCUT2D eigenvalue weighted by atomic mass is 9.72. The summed E-state index contributed by atoms with van der Waals surface area (Å²) in [7, 11) is 0. The molecular weight excluding hydrogens is 336 g/mol. The highest BCUT2D eigenvalue weighted by Crippen LogP contribution is 2.42. The summed E-state index contributed by atoms with van der Waals surface area (Å²) in [5.41, 5.74) is 9.82. The Morgan fingerprint density at radius 1 is 0.679 bits per heavy atom. The molecule has 2 atom stereocenters. The molecule has 0 nitrogen and oxygen atoms in total. The fourth-order valence-corrected chi connectivity index (χ4v) is 5.13. The summed E-state index contributed by atoms with van der Waals surface area (Å²) in [5, 5.41) is 0. The Hall–Kier alpha value is -2.08. The van der Waals surface area contributed by atoms with Crippen molar-refractivity contribution in [3.63, 3.8) is 0 Å². The highest BCUT2D eigenvalue weighted by Gasteiger charge is 2.26. The molecule has 0 unspecified atom stereocenters. The predicted octanol–water partition coefficient (Wildman–Crippen LogP) is 7.71. The smallest absolute Gasteiger partial charge is 0.00234 e. The third kappa shape index (κ3) is 4.49. The van der Waals surface area contributed by atoms with Crippen LogP contribution in [-0.4, -0.2) is 0 Å². The molecule has 146 valence electrons. The molecule has 2 aliphatic rings. The first-order valence-corrected chi connectivity index (χ1v) is 11.2. The molecule has 2 aromatic rings. The van der Waals surface area contributed by atoms with Gasteiger partial charge in [0.2, 0.25) is 0 Å². The van der Waals surface area contributed by atoms with E-state index in [9.17, 15) is 0 Å². The molecule has 4 rings (SSSR count). The number of hydrogen-bond acceptors (Lipinski definition) is 0. The van der Waals surface area contributed by atoms with Gasteiger partial charge >= 0.3 is 0 Å². The maximum absolute atomic E-state index is 2.48. The second-order valence-corrected chi connectivity index (χ2v) is 9.06. The van der Waals surface area contributed by atoms with Crippen LogP contribution in [0.2, 0.25) is 0 Å². The van der Waals surface area contributed by atoms with Crippen molar-refractivity contribution in [1.82, 2.24) is 0 Å². The third-order valence-electron chi connectivity index (χ3n) is 6.97. The molecule has 0 saturated carbocycles. The van der Waals surface area contributed by atoms with E-state index in [1.54, 1.807) is 22.3 Å². The van der Waals surface area contributed by atoms with Crippen LogP contribution in [0.25, 0.3) is 0 Å². The lowest BCUT2D eigenvalue weighted by Crippen LogP contribution is -2.19. The summed E-state index contributed by atoms with van der Waals surface area (Å²) in [4.78, 5) is 0. The van der Waals surface area contributed by atoms with Crippen LogP contribution < -0.4 is 0 Å². The summed E-state index contributed by atoms with van der Waals surface area (Å²) < 4.78 is 0. The molecule has 0 saturated heterocycles. The summed E-state index contributed by atoms with van der Waals surface area (Å²) in [6.07, 6.45) is 10.1. The Kier molecular flexibility index (Phi) is 6.15. The molecule has 0 aliphatic heterocycles. The van der Waals surface area contributed by atoms with Gasteiger partial charge in [-0.15, -0.1) is 0 Å². The highest BCUT2D eigenvalue weighted by molar-refractivity contribution is 5.45. The molecule has 0 heterocycles. The van der Waals surface area contributed by atoms with E-state index in [4.69, 9.17) is 0 Å². The maximum Gasteiger partial charge on any atom is -0.00234 e. The van der Waals surface area contributed by atoms with Crippen LogP contribution in [0.5, 0.6) is 0 Å². The predicted molar refractivity (Wildman–Crippen MR) is 120 cm³/mol. The molecular formula is C28H34. The molecule has 28 heavy (non-hydrogen) atoms. The first-order valence-electron chi connectivity index (χ1n) is 11.2. The van der Waals surface area contributed by atoms with Crippen molar-refractivity contribution >= 4 is 0 Å². The van der Waals surface area contributed by atoms with Crippen molar-refractivity contribution in [2.75, 3.05) is 0 Å². The summed E-state index contributed by atoms with van der Waals surface area (Å²) >= 11 is 0. The lowest BCUT2D eigenvalue weighted by molar-refractivity contribution is 0.367. The van der Waals surface area contributed by atoms with Gasteiger partial charge in [0.25, 0.3) is 0 Å². The minimum absolute atomic E-state index is 0.750. The van der Waals surface area contributed by atoms with Gasteiger partial charge in [-0.05, 0) is 85.5 Å². The van der Waals surface area contributed by atoms with Crippen LogP contribution in [-0.2, 0) is 12.8 Å². The first-order chi connectivity index (χ1) is 13.7. The normalized spacial score (nSPS) is 25.8. The average molecular weight is 371 g/mol. The van der Waals surface area contributed by atoms with Crippen molar-refractivity contribution in [3.05, 3.63) is 94.1 Å². The van der Waals surface area contributed by atoms with Crippen molar-refractivity contribution in [2.24, 2.45) is 11.8 Å². The Balaban J connectivity index is 1.81. The van der Waals surface area contributed by atoms with Crippen molar-refractivity contribution in [1.29, 1.82) is 0 Å². The summed E-state index contributed by atoms with van der Waals surface area (Å²) in [6.45, 7) is 4.95. The van der Waals surface area contributed by atoms with E-state index >= 15 is 0 Å². The summed E-state index contributed by atoms with van der Waals surface area (Å²) in [6, 6.07) is 22.2. The highest BCUT2D eigenvalue weighted by atomic mass is 14.3. The van der Waals surface area contributed by atoms with Gasteiger partial charge in [0, 0.05) is 0 Å². The molecule has 0 fully saturated rings. The van der Waals surface area contributed by atoms with Crippen LogP contribution in [0.4, 0.5) is 0 Å². The SMILES string of the molecule is C[C@H]1CC2=C(CCCC2)/C(Cc2ccccc2)=C(/Cc2ccccc2)C[C@@H]1C. The van der Waals surface area contributed by atoms with Crippen LogP contribution in [0.1, 0.15) is 63.5 Å². The van der Waals surface area contributed by atoms with E-state index in [2.05, 4.69) is 74.5 Å². The Morgan fingerprint density at radius 2 is 1.25 bits per heavy atom. The van der Waals surface area contributed by atoms with E-state index in [1.165, 1.54) is 49.7 Å². The third-order valence-corrected chi connectivity index (χ3v) is 6.97. The van der Waals surface area contributed by atoms with Crippen molar-refractivity contribution in [3.8, 4) is 0 Å². The van der Waals surface area contributed by atoms with Crippen LogP contribution in [0.3, 0.4) is 0 Å². The molecule has 2 aromatic carbocycles. The minimum Gasteiger partial charge on any atom is -0.0664 e. The molecule has 0 N–H and O–H groups in total. The van der Waals surface area contributed by atoms with Gasteiger partial charge < -0.3 is 0 Å². The van der Waals surface area contributed by atoms with Gasteiger partial charge in [-0.3, -0.25) is 0 Å². The fraction of sp³-hybridized carbons (Fsp3) is 0.429. The average Bonchev–Trinajstić information content (AvgIpc) is 2.73. The number of rotatable bonds is 4. The topological polar surface area (TPSA) is 0 Å². The Labute approximate surface area is 171 Å². The van der Waals surface area contributed by atoms with E-state index < -0.39 is 0 Å². The zero-order chi connectivity index (χ0) is 19.3. The largest absolute Gasteiger partial charge is 0.0664 e. The number of allylic oxidation sites excluding steroid dienone is 4. The maximum atomic E-state index is 2.48. The van der Waals surface area contributed by atoms with E-state index in [-0.39, 0.29) is 0 Å². The van der Waals surface area contributed by atoms with Gasteiger partial charge in [0.15, 0.2) is 0 Å². The zero-order valence-corrected chi connectivity index (χ0v) is 17.6. The molecule has 0 heteroatoms. The van der Waals surface area contributed by atoms with Crippen LogP contribution in [0, 0.1) is 11.8 Å². The summed E-state index contributed by atoms with van der Waals surface area (Å²) in [5.74, 6) is 1.53. The molecule has 0 aromatic heterocycles. The Bertz CT molecular complexity index is 838. The zero-order valence-electron chi connectivity index (χ0n) is 17.6. The Morgan fingerprint density at radius 3 is 1.93 bits per heavy atom. The van der Waals surface area contributed by atoms with Crippen LogP contribution in [0.15, 0.2) is 83.0 Å². The molecule has 2 aliphatic carbocycles. The second-order valence-electron chi connectivity index (χ2n) is 9.06. The van der Waals surface area contributed by atoms with E-state index in [1.807, 2.05) is 0 Å². The van der Waals surface area contributed by atoms with Gasteiger partial charge in [-0.2, -0.15) is 0 Å². The number of benzene rings is 2. The molecule has 0 amide bonds. The molecule has 0 bridgehead atoms. The van der Waals surface area contributed by atoms with Crippen molar-refractivity contribution < 1.29 is 0 Å². The second kappa shape index (κ2) is 8.95. The van der Waals surface area contributed by atoms with Gasteiger partial charge in [-0.25, -0.2) is 0 Å². The monoisotopic (exact) mass is 370 g/mol. The van der Waals surface area contributed by atoms with Gasteiger partial charge in [0.05, 0.1) is 0 Å². The number of hydrogen-bond donors (Lipinski definition) is 0. The van der Waals surface area contributed by atoms with Gasteiger partial charge in [-0.1, -0.05) is 85.7 Å². The van der Waals surface area contributed by atoms with E-state index in [0.29, 0.717) is 0 Å². The minimum atomic E-state index is 0.750. The first kappa shape index (κ1) is 19.2. The lowest BCUT2D eigenvalue weighted by Gasteiger charge is -2.33. The van der Waals surface area contributed by atoms with E-state index in [0.717, 1.165) is 24.7 Å². The van der Waals surface area contributed by atoms with Gasteiger partial charge in [0.1, 0.15) is 0 Å². The molecule has 0 spiro atoms. The standard InChI is InChI=1S/C28H34/c1-21-17-25-15-9-10-16-27(25)28(20-24-13-7-4-8-14-24)26(18-22(21)2)19-23-11-5-3-6-12-23/h3-8,11-14,21-22H,9-10,15-20H2,1-2H3/b28-26+/t21-,22-/m0/s1. The quantitative estimate of drug-likeness (QED) is 0.517. The van der Waals surface area contributed by atoms with Crippen LogP contribution >= 0.6 is 0 Å².